The van der Waals surface area contributed by atoms with Crippen molar-refractivity contribution in [2.24, 2.45) is 5.92 Å². The lowest BCUT2D eigenvalue weighted by Gasteiger charge is -2.27. The van der Waals surface area contributed by atoms with Gasteiger partial charge in [-0.05, 0) is 55.3 Å². The zero-order valence-corrected chi connectivity index (χ0v) is 11.8. The third-order valence-corrected chi connectivity index (χ3v) is 4.14. The van der Waals surface area contributed by atoms with Gasteiger partial charge in [0.2, 0.25) is 0 Å². The summed E-state index contributed by atoms with van der Waals surface area (Å²) in [6, 6.07) is 2.77. The lowest BCUT2D eigenvalue weighted by atomic mass is 9.89. The Morgan fingerprint density at radius 3 is 2.78 bits per heavy atom. The smallest absolute Gasteiger partial charge is 0.0352 e. The molecule has 1 aromatic heterocycles. The second-order valence-corrected chi connectivity index (χ2v) is 5.40. The number of pyridine rings is 1. The van der Waals surface area contributed by atoms with Gasteiger partial charge in [-0.1, -0.05) is 26.7 Å². The molecule has 0 amide bonds. The second-order valence-electron chi connectivity index (χ2n) is 5.40. The Hall–Kier alpha value is -0.890. The highest BCUT2D eigenvalue weighted by molar-refractivity contribution is 5.27. The predicted octanol–water partition coefficient (Wildman–Crippen LogP) is 3.87. The van der Waals surface area contributed by atoms with E-state index in [1.807, 2.05) is 12.4 Å². The van der Waals surface area contributed by atoms with Gasteiger partial charge in [-0.2, -0.15) is 0 Å². The Balaban J connectivity index is 2.20. The number of aromatic nitrogens is 1. The fraction of sp³-hybridized carbons (Fsp3) is 0.688. The highest BCUT2D eigenvalue weighted by Crippen LogP contribution is 2.36. The fourth-order valence-corrected chi connectivity index (χ4v) is 3.16. The molecule has 1 aliphatic carbocycles. The molecule has 1 heterocycles. The molecule has 0 aliphatic heterocycles. The summed E-state index contributed by atoms with van der Waals surface area (Å²) in [7, 11) is 0. The minimum atomic E-state index is 0.547. The molecule has 1 fully saturated rings. The molecule has 1 aliphatic rings. The van der Waals surface area contributed by atoms with Gasteiger partial charge < -0.3 is 5.32 Å². The maximum Gasteiger partial charge on any atom is 0.0352 e. The molecule has 2 heteroatoms. The van der Waals surface area contributed by atoms with E-state index < -0.39 is 0 Å². The molecule has 1 N–H and O–H groups in total. The number of aryl methyl sites for hydroxylation is 1. The van der Waals surface area contributed by atoms with Crippen LogP contribution in [0.1, 0.15) is 63.1 Å². The topological polar surface area (TPSA) is 24.9 Å². The van der Waals surface area contributed by atoms with Crippen molar-refractivity contribution in [3.63, 3.8) is 0 Å². The molecule has 1 aromatic rings. The maximum atomic E-state index is 4.28. The summed E-state index contributed by atoms with van der Waals surface area (Å²) < 4.78 is 0. The lowest BCUT2D eigenvalue weighted by Crippen LogP contribution is -2.28. The molecule has 18 heavy (non-hydrogen) atoms. The van der Waals surface area contributed by atoms with Crippen LogP contribution in [-0.4, -0.2) is 11.5 Å². The summed E-state index contributed by atoms with van der Waals surface area (Å²) >= 11 is 0. The highest BCUT2D eigenvalue weighted by Gasteiger charge is 2.26. The van der Waals surface area contributed by atoms with Crippen LogP contribution in [0.15, 0.2) is 18.5 Å². The van der Waals surface area contributed by atoms with Crippen LogP contribution in [0.4, 0.5) is 0 Å². The quantitative estimate of drug-likeness (QED) is 0.824. The van der Waals surface area contributed by atoms with Crippen molar-refractivity contribution in [2.45, 2.75) is 58.4 Å². The van der Waals surface area contributed by atoms with Gasteiger partial charge in [-0.25, -0.2) is 0 Å². The van der Waals surface area contributed by atoms with Crippen molar-refractivity contribution in [1.82, 2.24) is 10.3 Å². The van der Waals surface area contributed by atoms with Crippen molar-refractivity contribution >= 4 is 0 Å². The molecular weight excluding hydrogens is 220 g/mol. The van der Waals surface area contributed by atoms with Gasteiger partial charge in [0.15, 0.2) is 0 Å². The van der Waals surface area contributed by atoms with Gasteiger partial charge in [0, 0.05) is 18.4 Å². The molecule has 2 rings (SSSR count). The first kappa shape index (κ1) is 13.5. The van der Waals surface area contributed by atoms with E-state index in [0.29, 0.717) is 6.04 Å². The van der Waals surface area contributed by atoms with Crippen LogP contribution >= 0.6 is 0 Å². The van der Waals surface area contributed by atoms with Gasteiger partial charge in [0.25, 0.3) is 0 Å². The van der Waals surface area contributed by atoms with Crippen LogP contribution in [0.25, 0.3) is 0 Å². The van der Waals surface area contributed by atoms with Crippen molar-refractivity contribution < 1.29 is 0 Å². The summed E-state index contributed by atoms with van der Waals surface area (Å²) in [4.78, 5) is 4.28. The average Bonchev–Trinajstić information content (AvgIpc) is 2.94. The Kier molecular flexibility index (Phi) is 5.18. The lowest BCUT2D eigenvalue weighted by molar-refractivity contribution is 0.366. The predicted molar refractivity (Wildman–Crippen MR) is 76.6 cm³/mol. The first-order valence-corrected chi connectivity index (χ1v) is 7.53. The molecule has 0 spiro atoms. The third-order valence-electron chi connectivity index (χ3n) is 4.14. The number of hydrogen-bond acceptors (Lipinski definition) is 2. The molecule has 1 saturated carbocycles. The SMILES string of the molecule is CCCNC(c1ccncc1CC)C1CCCC1. The number of nitrogens with one attached hydrogen (secondary N) is 1. The monoisotopic (exact) mass is 246 g/mol. The molecule has 1 unspecified atom stereocenters. The minimum absolute atomic E-state index is 0.547. The van der Waals surface area contributed by atoms with Crippen LogP contribution in [0.5, 0.6) is 0 Å². The first-order chi connectivity index (χ1) is 8.86. The van der Waals surface area contributed by atoms with E-state index >= 15 is 0 Å². The van der Waals surface area contributed by atoms with Crippen LogP contribution in [0, 0.1) is 5.92 Å². The molecule has 0 bridgehead atoms. The number of hydrogen-bond donors (Lipinski definition) is 1. The Labute approximate surface area is 111 Å². The standard InChI is InChI=1S/C16H26N2/c1-3-10-18-16(14-7-5-6-8-14)15-9-11-17-12-13(15)4-2/h9,11-12,14,16,18H,3-8,10H2,1-2H3. The Morgan fingerprint density at radius 1 is 1.33 bits per heavy atom. The summed E-state index contributed by atoms with van der Waals surface area (Å²) in [6.45, 7) is 5.59. The van der Waals surface area contributed by atoms with Crippen LogP contribution < -0.4 is 5.32 Å². The molecule has 0 saturated heterocycles. The number of rotatable bonds is 6. The number of nitrogens with zero attached hydrogens (tertiary/aromatic N) is 1. The molecule has 0 radical (unpaired) electrons. The van der Waals surface area contributed by atoms with Crippen molar-refractivity contribution in [1.29, 1.82) is 0 Å². The van der Waals surface area contributed by atoms with Crippen LogP contribution in [0.2, 0.25) is 0 Å². The van der Waals surface area contributed by atoms with Crippen LogP contribution in [-0.2, 0) is 6.42 Å². The Bertz CT molecular complexity index is 356. The van der Waals surface area contributed by atoms with E-state index in [1.165, 1.54) is 43.2 Å². The fourth-order valence-electron chi connectivity index (χ4n) is 3.16. The van der Waals surface area contributed by atoms with E-state index in [-0.39, 0.29) is 0 Å². The van der Waals surface area contributed by atoms with Gasteiger partial charge in [0.1, 0.15) is 0 Å². The molecule has 0 aromatic carbocycles. The molecule has 1 atom stereocenters. The van der Waals surface area contributed by atoms with Gasteiger partial charge in [-0.15, -0.1) is 0 Å². The molecule has 100 valence electrons. The summed E-state index contributed by atoms with van der Waals surface area (Å²) in [5, 5.41) is 3.77. The van der Waals surface area contributed by atoms with Gasteiger partial charge in [-0.3, -0.25) is 4.98 Å². The minimum Gasteiger partial charge on any atom is -0.310 e. The van der Waals surface area contributed by atoms with Crippen LogP contribution in [0.3, 0.4) is 0 Å². The van der Waals surface area contributed by atoms with Crippen molar-refractivity contribution in [2.75, 3.05) is 6.54 Å². The zero-order chi connectivity index (χ0) is 12.8. The van der Waals surface area contributed by atoms with E-state index in [9.17, 15) is 0 Å². The van der Waals surface area contributed by atoms with Crippen molar-refractivity contribution in [3.8, 4) is 0 Å². The summed E-state index contributed by atoms with van der Waals surface area (Å²) in [5.41, 5.74) is 2.91. The normalized spacial score (nSPS) is 18.1. The highest BCUT2D eigenvalue weighted by atomic mass is 14.9. The van der Waals surface area contributed by atoms with E-state index in [0.717, 1.165) is 18.9 Å². The van der Waals surface area contributed by atoms with Crippen molar-refractivity contribution in [3.05, 3.63) is 29.6 Å². The van der Waals surface area contributed by atoms with E-state index in [2.05, 4.69) is 30.2 Å². The molecule has 2 nitrogen and oxygen atoms in total. The second kappa shape index (κ2) is 6.89. The third kappa shape index (κ3) is 3.11. The first-order valence-electron chi connectivity index (χ1n) is 7.53. The Morgan fingerprint density at radius 2 is 2.11 bits per heavy atom. The average molecular weight is 246 g/mol. The zero-order valence-electron chi connectivity index (χ0n) is 11.8. The summed E-state index contributed by atoms with van der Waals surface area (Å²) in [6.07, 6.45) is 11.9. The van der Waals surface area contributed by atoms with Gasteiger partial charge >= 0.3 is 0 Å². The van der Waals surface area contributed by atoms with E-state index in [4.69, 9.17) is 0 Å². The van der Waals surface area contributed by atoms with E-state index in [1.54, 1.807) is 0 Å². The molecular formula is C16H26N2. The largest absolute Gasteiger partial charge is 0.310 e. The maximum absolute atomic E-state index is 4.28. The summed E-state index contributed by atoms with van der Waals surface area (Å²) in [5.74, 6) is 0.823. The van der Waals surface area contributed by atoms with Gasteiger partial charge in [0.05, 0.1) is 0 Å².